The van der Waals surface area contributed by atoms with Crippen molar-refractivity contribution in [2.75, 3.05) is 32.0 Å². The van der Waals surface area contributed by atoms with Crippen molar-refractivity contribution in [1.82, 2.24) is 9.21 Å². The van der Waals surface area contributed by atoms with Crippen molar-refractivity contribution in [1.29, 1.82) is 0 Å². The second-order valence-corrected chi connectivity index (χ2v) is 10.9. The Morgan fingerprint density at radius 3 is 2.61 bits per heavy atom. The summed E-state index contributed by atoms with van der Waals surface area (Å²) < 4.78 is 33.5. The molecular weight excluding hydrogens is 434 g/mol. The third-order valence-electron chi connectivity index (χ3n) is 4.99. The number of carbonyl (C=O) groups excluding carboxylic acids is 1. The van der Waals surface area contributed by atoms with Gasteiger partial charge in [0, 0.05) is 19.6 Å². The summed E-state index contributed by atoms with van der Waals surface area (Å²) in [6, 6.07) is 6.72. The SMILES string of the molecule is CC(C)Oc1ccc(S(=O)(=O)N2CCCCC2)cc1NC(=O)CN(C)Cc1ccsc1. The van der Waals surface area contributed by atoms with Gasteiger partial charge in [0.05, 0.1) is 23.2 Å². The zero-order valence-corrected chi connectivity index (χ0v) is 20.0. The van der Waals surface area contributed by atoms with Crippen LogP contribution in [0.2, 0.25) is 0 Å². The third kappa shape index (κ3) is 6.52. The summed E-state index contributed by atoms with van der Waals surface area (Å²) in [5.74, 6) is 0.236. The van der Waals surface area contributed by atoms with E-state index in [9.17, 15) is 13.2 Å². The van der Waals surface area contributed by atoms with Gasteiger partial charge < -0.3 is 10.1 Å². The predicted molar refractivity (Wildman–Crippen MR) is 124 cm³/mol. The highest BCUT2D eigenvalue weighted by Crippen LogP contribution is 2.31. The molecule has 1 aliphatic rings. The number of sulfonamides is 1. The van der Waals surface area contributed by atoms with Crippen molar-refractivity contribution >= 4 is 33.0 Å². The molecule has 170 valence electrons. The molecule has 9 heteroatoms. The summed E-state index contributed by atoms with van der Waals surface area (Å²) in [6.07, 6.45) is 2.68. The van der Waals surface area contributed by atoms with Crippen LogP contribution in [0.1, 0.15) is 38.7 Å². The van der Waals surface area contributed by atoms with Gasteiger partial charge in [-0.1, -0.05) is 6.42 Å². The number of piperidine rings is 1. The lowest BCUT2D eigenvalue weighted by atomic mass is 10.2. The van der Waals surface area contributed by atoms with Gasteiger partial charge >= 0.3 is 0 Å². The molecule has 0 saturated carbocycles. The Hall–Kier alpha value is -1.94. The van der Waals surface area contributed by atoms with E-state index in [-0.39, 0.29) is 23.5 Å². The number of hydrogen-bond donors (Lipinski definition) is 1. The van der Waals surface area contributed by atoms with Crippen molar-refractivity contribution in [2.24, 2.45) is 0 Å². The molecule has 1 N–H and O–H groups in total. The lowest BCUT2D eigenvalue weighted by Crippen LogP contribution is -2.35. The maximum atomic E-state index is 13.1. The summed E-state index contributed by atoms with van der Waals surface area (Å²) in [4.78, 5) is 14.8. The quantitative estimate of drug-likeness (QED) is 0.610. The Labute approximate surface area is 189 Å². The minimum atomic E-state index is -3.61. The van der Waals surface area contributed by atoms with Gasteiger partial charge in [-0.2, -0.15) is 15.6 Å². The maximum Gasteiger partial charge on any atom is 0.243 e. The first-order chi connectivity index (χ1) is 14.8. The monoisotopic (exact) mass is 465 g/mol. The van der Waals surface area contributed by atoms with E-state index in [0.717, 1.165) is 24.8 Å². The fraction of sp³-hybridized carbons (Fsp3) is 0.500. The van der Waals surface area contributed by atoms with Gasteiger partial charge in [0.2, 0.25) is 15.9 Å². The van der Waals surface area contributed by atoms with Gasteiger partial charge in [0.1, 0.15) is 5.75 Å². The van der Waals surface area contributed by atoms with E-state index in [4.69, 9.17) is 4.74 Å². The Balaban J connectivity index is 1.77. The number of carbonyl (C=O) groups is 1. The zero-order valence-electron chi connectivity index (χ0n) is 18.3. The van der Waals surface area contributed by atoms with E-state index in [1.165, 1.54) is 10.4 Å². The molecule has 1 aliphatic heterocycles. The van der Waals surface area contributed by atoms with E-state index in [1.54, 1.807) is 23.5 Å². The van der Waals surface area contributed by atoms with Crippen LogP contribution in [0, 0.1) is 0 Å². The molecule has 31 heavy (non-hydrogen) atoms. The van der Waals surface area contributed by atoms with E-state index in [1.807, 2.05) is 37.2 Å². The average Bonchev–Trinajstić information content (AvgIpc) is 3.22. The van der Waals surface area contributed by atoms with Crippen LogP contribution in [0.25, 0.3) is 0 Å². The zero-order chi connectivity index (χ0) is 22.4. The van der Waals surface area contributed by atoms with Crippen LogP contribution in [0.3, 0.4) is 0 Å². The predicted octanol–water partition coefficient (Wildman–Crippen LogP) is 3.78. The molecule has 1 saturated heterocycles. The number of thiophene rings is 1. The number of rotatable bonds is 9. The molecule has 2 heterocycles. The van der Waals surface area contributed by atoms with E-state index in [2.05, 4.69) is 10.7 Å². The average molecular weight is 466 g/mol. The molecule has 0 atom stereocenters. The number of anilines is 1. The molecular formula is C22H31N3O4S2. The van der Waals surface area contributed by atoms with Gasteiger partial charge in [0.15, 0.2) is 0 Å². The molecule has 1 aromatic carbocycles. The number of nitrogens with zero attached hydrogens (tertiary/aromatic N) is 2. The topological polar surface area (TPSA) is 79.0 Å². The molecule has 1 fully saturated rings. The highest BCUT2D eigenvalue weighted by molar-refractivity contribution is 7.89. The smallest absolute Gasteiger partial charge is 0.243 e. The molecule has 2 aromatic rings. The van der Waals surface area contributed by atoms with Crippen molar-refractivity contribution < 1.29 is 17.9 Å². The molecule has 1 aromatic heterocycles. The minimum absolute atomic E-state index is 0.110. The molecule has 0 aliphatic carbocycles. The Morgan fingerprint density at radius 2 is 1.97 bits per heavy atom. The first-order valence-corrected chi connectivity index (χ1v) is 12.9. The number of hydrogen-bond acceptors (Lipinski definition) is 6. The van der Waals surface area contributed by atoms with Crippen molar-refractivity contribution in [3.05, 3.63) is 40.6 Å². The van der Waals surface area contributed by atoms with Crippen LogP contribution in [0.5, 0.6) is 5.75 Å². The van der Waals surface area contributed by atoms with Crippen molar-refractivity contribution in [2.45, 2.75) is 50.7 Å². The van der Waals surface area contributed by atoms with E-state index >= 15 is 0 Å². The number of benzene rings is 1. The normalized spacial score (nSPS) is 15.4. The summed E-state index contributed by atoms with van der Waals surface area (Å²) in [6.45, 7) is 5.68. The molecule has 1 amide bonds. The van der Waals surface area contributed by atoms with Gasteiger partial charge in [-0.3, -0.25) is 9.69 Å². The first kappa shape index (κ1) is 23.7. The van der Waals surface area contributed by atoms with Crippen molar-refractivity contribution in [3.63, 3.8) is 0 Å². The second kappa shape index (κ2) is 10.6. The summed E-state index contributed by atoms with van der Waals surface area (Å²) in [5, 5.41) is 6.92. The fourth-order valence-corrected chi connectivity index (χ4v) is 5.77. The number of nitrogens with one attached hydrogen (secondary N) is 1. The molecule has 3 rings (SSSR count). The molecule has 0 bridgehead atoms. The largest absolute Gasteiger partial charge is 0.489 e. The molecule has 7 nitrogen and oxygen atoms in total. The fourth-order valence-electron chi connectivity index (χ4n) is 3.56. The highest BCUT2D eigenvalue weighted by Gasteiger charge is 2.27. The van der Waals surface area contributed by atoms with Crippen LogP contribution in [-0.2, 0) is 21.4 Å². The van der Waals surface area contributed by atoms with Gasteiger partial charge in [-0.15, -0.1) is 0 Å². The number of ether oxygens (including phenoxy) is 1. The van der Waals surface area contributed by atoms with Crippen LogP contribution < -0.4 is 10.1 Å². The molecule has 0 unspecified atom stereocenters. The number of likely N-dealkylation sites (N-methyl/N-ethyl adjacent to an activating group) is 1. The minimum Gasteiger partial charge on any atom is -0.489 e. The van der Waals surface area contributed by atoms with Crippen LogP contribution >= 0.6 is 11.3 Å². The highest BCUT2D eigenvalue weighted by atomic mass is 32.2. The Morgan fingerprint density at radius 1 is 1.23 bits per heavy atom. The second-order valence-electron chi connectivity index (χ2n) is 8.14. The van der Waals surface area contributed by atoms with Gasteiger partial charge in [0.25, 0.3) is 0 Å². The summed E-state index contributed by atoms with van der Waals surface area (Å²) in [5.41, 5.74) is 1.53. The maximum absolute atomic E-state index is 13.1. The van der Waals surface area contributed by atoms with Crippen LogP contribution in [0.4, 0.5) is 5.69 Å². The summed E-state index contributed by atoms with van der Waals surface area (Å²) >= 11 is 1.62. The third-order valence-corrected chi connectivity index (χ3v) is 7.61. The van der Waals surface area contributed by atoms with Gasteiger partial charge in [-0.05, 0) is 74.3 Å². The Bertz CT molecular complexity index is 969. The Kier molecular flexibility index (Phi) is 8.10. The molecule has 0 radical (unpaired) electrons. The van der Waals surface area contributed by atoms with Crippen LogP contribution in [-0.4, -0.2) is 56.3 Å². The van der Waals surface area contributed by atoms with Crippen molar-refractivity contribution in [3.8, 4) is 5.75 Å². The standard InChI is InChI=1S/C22H31N3O4S2/c1-17(2)29-21-8-7-19(31(27,28)25-10-5-4-6-11-25)13-20(21)23-22(26)15-24(3)14-18-9-12-30-16-18/h7-9,12-13,16-17H,4-6,10-11,14-15H2,1-3H3,(H,23,26). The molecule has 0 spiro atoms. The van der Waals surface area contributed by atoms with E-state index in [0.29, 0.717) is 31.1 Å². The lowest BCUT2D eigenvalue weighted by Gasteiger charge is -2.26. The van der Waals surface area contributed by atoms with Crippen LogP contribution in [0.15, 0.2) is 39.9 Å². The van der Waals surface area contributed by atoms with E-state index < -0.39 is 10.0 Å². The first-order valence-electron chi connectivity index (χ1n) is 10.6. The summed E-state index contributed by atoms with van der Waals surface area (Å²) in [7, 11) is -1.73. The van der Waals surface area contributed by atoms with Gasteiger partial charge in [-0.25, -0.2) is 8.42 Å². The lowest BCUT2D eigenvalue weighted by molar-refractivity contribution is -0.117. The number of amides is 1.